The third-order valence-corrected chi connectivity index (χ3v) is 2.24. The number of rotatable bonds is 7. The maximum Gasteiger partial charge on any atom is 0.397 e. The second kappa shape index (κ2) is 7.18. The summed E-state index contributed by atoms with van der Waals surface area (Å²) < 4.78 is 38.0. The summed E-state index contributed by atoms with van der Waals surface area (Å²) in [5.41, 5.74) is 1.06. The van der Waals surface area contributed by atoms with Crippen LogP contribution in [0.2, 0.25) is 0 Å². The average molecular weight is 258 g/mol. The quantitative estimate of drug-likeness (QED) is 0.456. The SMILES string of the molecule is O=S(=O)(O)OC/C=C/COCc1ccccc1. The van der Waals surface area contributed by atoms with Gasteiger partial charge in [-0.25, -0.2) is 4.18 Å². The van der Waals surface area contributed by atoms with Crippen LogP contribution in [0.4, 0.5) is 0 Å². The molecule has 0 amide bonds. The molecule has 0 aliphatic carbocycles. The fourth-order valence-electron chi connectivity index (χ4n) is 1.08. The molecule has 0 aliphatic rings. The molecule has 0 saturated heterocycles. The maximum absolute atomic E-state index is 10.2. The van der Waals surface area contributed by atoms with E-state index in [1.54, 1.807) is 6.08 Å². The molecule has 0 saturated carbocycles. The molecule has 1 N–H and O–H groups in total. The predicted octanol–water partition coefficient (Wildman–Crippen LogP) is 1.58. The van der Waals surface area contributed by atoms with Crippen LogP contribution in [0.1, 0.15) is 5.56 Å². The summed E-state index contributed by atoms with van der Waals surface area (Å²) >= 11 is 0. The van der Waals surface area contributed by atoms with Gasteiger partial charge in [-0.3, -0.25) is 4.55 Å². The summed E-state index contributed by atoms with van der Waals surface area (Å²) in [5.74, 6) is 0. The fraction of sp³-hybridized carbons (Fsp3) is 0.273. The van der Waals surface area contributed by atoms with Gasteiger partial charge in [0, 0.05) is 0 Å². The van der Waals surface area contributed by atoms with E-state index in [1.807, 2.05) is 30.3 Å². The maximum atomic E-state index is 10.2. The molecule has 0 bridgehead atoms. The first kappa shape index (κ1) is 13.9. The number of hydrogen-bond donors (Lipinski definition) is 1. The van der Waals surface area contributed by atoms with E-state index in [1.165, 1.54) is 6.08 Å². The van der Waals surface area contributed by atoms with Crippen molar-refractivity contribution in [2.75, 3.05) is 13.2 Å². The van der Waals surface area contributed by atoms with Crippen molar-refractivity contribution >= 4 is 10.4 Å². The molecule has 0 spiro atoms. The van der Waals surface area contributed by atoms with Crippen molar-refractivity contribution in [3.05, 3.63) is 48.0 Å². The van der Waals surface area contributed by atoms with E-state index >= 15 is 0 Å². The first-order valence-electron chi connectivity index (χ1n) is 4.96. The highest BCUT2D eigenvalue weighted by Crippen LogP contribution is 2.00. The molecule has 0 fully saturated rings. The van der Waals surface area contributed by atoms with Gasteiger partial charge in [-0.2, -0.15) is 8.42 Å². The van der Waals surface area contributed by atoms with Crippen molar-refractivity contribution in [2.45, 2.75) is 6.61 Å². The monoisotopic (exact) mass is 258 g/mol. The Balaban J connectivity index is 2.10. The molecule has 17 heavy (non-hydrogen) atoms. The lowest BCUT2D eigenvalue weighted by Crippen LogP contribution is -2.03. The van der Waals surface area contributed by atoms with Crippen LogP contribution in [0, 0.1) is 0 Å². The Labute approximate surface area is 101 Å². The van der Waals surface area contributed by atoms with Gasteiger partial charge in [-0.05, 0) is 5.56 Å². The minimum Gasteiger partial charge on any atom is -0.373 e. The standard InChI is InChI=1S/C11H14O5S/c12-17(13,14)16-9-5-4-8-15-10-11-6-2-1-3-7-11/h1-7H,8-10H2,(H,12,13,14)/b5-4+. The van der Waals surface area contributed by atoms with Crippen LogP contribution in [0.5, 0.6) is 0 Å². The molecular formula is C11H14O5S. The van der Waals surface area contributed by atoms with Gasteiger partial charge in [0.25, 0.3) is 0 Å². The summed E-state index contributed by atoms with van der Waals surface area (Å²) in [6.07, 6.45) is 3.08. The highest BCUT2D eigenvalue weighted by molar-refractivity contribution is 7.80. The number of benzene rings is 1. The molecule has 1 aromatic carbocycles. The van der Waals surface area contributed by atoms with Gasteiger partial charge in [0.2, 0.25) is 0 Å². The fourth-order valence-corrected chi connectivity index (χ4v) is 1.33. The zero-order valence-corrected chi connectivity index (χ0v) is 9.97. The minimum atomic E-state index is -4.35. The molecule has 0 atom stereocenters. The van der Waals surface area contributed by atoms with Crippen molar-refractivity contribution in [1.82, 2.24) is 0 Å². The van der Waals surface area contributed by atoms with E-state index in [2.05, 4.69) is 4.18 Å². The molecule has 1 aromatic rings. The molecule has 0 unspecified atom stereocenters. The Hall–Kier alpha value is -1.21. The predicted molar refractivity (Wildman–Crippen MR) is 62.7 cm³/mol. The van der Waals surface area contributed by atoms with Crippen LogP contribution in [0.3, 0.4) is 0 Å². The third kappa shape index (κ3) is 7.64. The molecule has 0 aromatic heterocycles. The van der Waals surface area contributed by atoms with Crippen LogP contribution in [0.25, 0.3) is 0 Å². The summed E-state index contributed by atoms with van der Waals surface area (Å²) in [5, 5.41) is 0. The van der Waals surface area contributed by atoms with E-state index in [-0.39, 0.29) is 6.61 Å². The smallest absolute Gasteiger partial charge is 0.373 e. The second-order valence-corrected chi connectivity index (χ2v) is 4.28. The first-order valence-corrected chi connectivity index (χ1v) is 6.33. The number of hydrogen-bond acceptors (Lipinski definition) is 4. The second-order valence-electron chi connectivity index (χ2n) is 3.18. The number of ether oxygens (including phenoxy) is 1. The van der Waals surface area contributed by atoms with Gasteiger partial charge >= 0.3 is 10.4 Å². The largest absolute Gasteiger partial charge is 0.397 e. The van der Waals surface area contributed by atoms with Gasteiger partial charge < -0.3 is 4.74 Å². The minimum absolute atomic E-state index is 0.201. The average Bonchev–Trinajstić information content (AvgIpc) is 2.28. The van der Waals surface area contributed by atoms with Crippen LogP contribution in [-0.2, 0) is 25.9 Å². The van der Waals surface area contributed by atoms with Gasteiger partial charge in [0.1, 0.15) is 0 Å². The molecule has 1 rings (SSSR count). The van der Waals surface area contributed by atoms with E-state index in [0.29, 0.717) is 13.2 Å². The van der Waals surface area contributed by atoms with E-state index in [0.717, 1.165) is 5.56 Å². The summed E-state index contributed by atoms with van der Waals surface area (Å²) in [4.78, 5) is 0. The molecule has 0 heterocycles. The van der Waals surface area contributed by atoms with Gasteiger partial charge in [-0.1, -0.05) is 42.5 Å². The highest BCUT2D eigenvalue weighted by Gasteiger charge is 1.99. The summed E-state index contributed by atoms with van der Waals surface area (Å²) in [6, 6.07) is 9.68. The zero-order valence-electron chi connectivity index (χ0n) is 9.15. The molecular weight excluding hydrogens is 244 g/mol. The molecule has 6 heteroatoms. The zero-order chi connectivity index (χ0) is 12.6. The van der Waals surface area contributed by atoms with E-state index in [4.69, 9.17) is 9.29 Å². The van der Waals surface area contributed by atoms with Gasteiger partial charge in [0.15, 0.2) is 0 Å². The molecule has 94 valence electrons. The molecule has 0 radical (unpaired) electrons. The Morgan fingerprint density at radius 3 is 2.41 bits per heavy atom. The third-order valence-electron chi connectivity index (χ3n) is 1.81. The summed E-state index contributed by atoms with van der Waals surface area (Å²) in [7, 11) is -4.35. The highest BCUT2D eigenvalue weighted by atomic mass is 32.3. The topological polar surface area (TPSA) is 72.8 Å². The van der Waals surface area contributed by atoms with Crippen molar-refractivity contribution in [3.8, 4) is 0 Å². The van der Waals surface area contributed by atoms with Crippen molar-refractivity contribution in [2.24, 2.45) is 0 Å². The Morgan fingerprint density at radius 1 is 1.12 bits per heavy atom. The van der Waals surface area contributed by atoms with E-state index in [9.17, 15) is 8.42 Å². The Kier molecular flexibility index (Phi) is 5.85. The van der Waals surface area contributed by atoms with Crippen LogP contribution in [0.15, 0.2) is 42.5 Å². The van der Waals surface area contributed by atoms with Crippen LogP contribution < -0.4 is 0 Å². The van der Waals surface area contributed by atoms with Gasteiger partial charge in [0.05, 0.1) is 19.8 Å². The lowest BCUT2D eigenvalue weighted by atomic mass is 10.2. The normalized spacial score (nSPS) is 12.1. The van der Waals surface area contributed by atoms with Crippen molar-refractivity contribution in [3.63, 3.8) is 0 Å². The van der Waals surface area contributed by atoms with Crippen LogP contribution >= 0.6 is 0 Å². The van der Waals surface area contributed by atoms with E-state index < -0.39 is 10.4 Å². The molecule has 0 aliphatic heterocycles. The first-order chi connectivity index (χ1) is 8.08. The lowest BCUT2D eigenvalue weighted by molar-refractivity contribution is 0.148. The van der Waals surface area contributed by atoms with Crippen molar-refractivity contribution in [1.29, 1.82) is 0 Å². The Morgan fingerprint density at radius 2 is 1.76 bits per heavy atom. The Bertz CT molecular complexity index is 438. The lowest BCUT2D eigenvalue weighted by Gasteiger charge is -2.00. The van der Waals surface area contributed by atoms with Crippen LogP contribution in [-0.4, -0.2) is 26.2 Å². The van der Waals surface area contributed by atoms with Crippen molar-refractivity contribution < 1.29 is 21.9 Å². The summed E-state index contributed by atoms with van der Waals surface area (Å²) in [6.45, 7) is 0.640. The van der Waals surface area contributed by atoms with Gasteiger partial charge in [-0.15, -0.1) is 0 Å². The molecule has 5 nitrogen and oxygen atoms in total.